The number of carboxylic acid groups (broad SMARTS) is 1. The average Bonchev–Trinajstić information content (AvgIpc) is 2.87. The van der Waals surface area contributed by atoms with Crippen molar-refractivity contribution in [2.24, 2.45) is 0 Å². The van der Waals surface area contributed by atoms with Gasteiger partial charge in [-0.2, -0.15) is 0 Å². The second-order valence-electron chi connectivity index (χ2n) is 10.5. The quantitative estimate of drug-likeness (QED) is 0.0650. The molecule has 7 nitrogen and oxygen atoms in total. The summed E-state index contributed by atoms with van der Waals surface area (Å²) in [7, 11) is 5.45. The second kappa shape index (κ2) is 24.6. The third kappa shape index (κ3) is 24.3. The summed E-state index contributed by atoms with van der Waals surface area (Å²) in [4.78, 5) is 23.2. The number of hydrogen-bond donors (Lipinski definition) is 2. The Morgan fingerprint density at radius 1 is 0.769 bits per heavy atom. The zero-order valence-corrected chi connectivity index (χ0v) is 24.8. The minimum Gasteiger partial charge on any atom is -0.477 e. The molecule has 0 spiro atoms. The molecule has 0 rings (SSSR count). The van der Waals surface area contributed by atoms with Crippen LogP contribution < -0.4 is 0 Å². The van der Waals surface area contributed by atoms with Gasteiger partial charge in [-0.1, -0.05) is 74.1 Å². The highest BCUT2D eigenvalue weighted by molar-refractivity contribution is 5.72. The lowest BCUT2D eigenvalue weighted by atomic mass is 10.1. The molecule has 0 saturated heterocycles. The van der Waals surface area contributed by atoms with Crippen molar-refractivity contribution < 1.29 is 33.8 Å². The summed E-state index contributed by atoms with van der Waals surface area (Å²) in [5.41, 5.74) is 0. The van der Waals surface area contributed by atoms with Gasteiger partial charge in [0.1, 0.15) is 12.7 Å². The number of likely N-dealkylation sites (N-methyl/N-ethyl adjacent to an activating group) is 1. The summed E-state index contributed by atoms with van der Waals surface area (Å²) in [6.45, 7) is 2.25. The van der Waals surface area contributed by atoms with E-state index in [1.165, 1.54) is 0 Å². The van der Waals surface area contributed by atoms with Gasteiger partial charge < -0.3 is 24.2 Å². The molecule has 0 aliphatic carbocycles. The highest BCUT2D eigenvalue weighted by atomic mass is 16.5. The molecule has 0 aliphatic heterocycles. The van der Waals surface area contributed by atoms with E-state index in [2.05, 4.69) is 67.7 Å². The molecule has 0 aromatic rings. The fourth-order valence-corrected chi connectivity index (χ4v) is 3.64. The van der Waals surface area contributed by atoms with Crippen molar-refractivity contribution >= 4 is 11.9 Å². The molecule has 2 atom stereocenters. The van der Waals surface area contributed by atoms with Gasteiger partial charge in [0.05, 0.1) is 34.4 Å². The van der Waals surface area contributed by atoms with Gasteiger partial charge in [0.2, 0.25) is 0 Å². The maximum atomic E-state index is 11.9. The highest BCUT2D eigenvalue weighted by Crippen LogP contribution is 2.09. The number of aliphatic hydroxyl groups excluding tert-OH is 1. The van der Waals surface area contributed by atoms with Crippen LogP contribution in [-0.2, 0) is 19.1 Å². The zero-order chi connectivity index (χ0) is 29.2. The van der Waals surface area contributed by atoms with Gasteiger partial charge >= 0.3 is 11.9 Å². The standard InChI is InChI=1S/C32H53NO6/c1-5-6-7-8-9-10-11-12-13-14-15-16-17-18-19-20-21-22-23-24-31(35)39-28-29(34)27-38-26-25-30(32(36)37)33(2,3)4/h6-7,9-10,12-13,15-16,18-19,29-30,34H,5,8,11,14,17,20-28H2,1-4H3/p+1/b7-6+,10-9+,13-12+,16-15+,19-18+. The third-order valence-electron chi connectivity index (χ3n) is 5.91. The Morgan fingerprint density at radius 3 is 1.82 bits per heavy atom. The predicted molar refractivity (Wildman–Crippen MR) is 159 cm³/mol. The van der Waals surface area contributed by atoms with Gasteiger partial charge in [-0.15, -0.1) is 0 Å². The molecule has 0 heterocycles. The molecule has 0 radical (unpaired) electrons. The van der Waals surface area contributed by atoms with Crippen LogP contribution in [0.2, 0.25) is 0 Å². The van der Waals surface area contributed by atoms with Crippen molar-refractivity contribution in [1.29, 1.82) is 0 Å². The molecule has 2 unspecified atom stereocenters. The first-order valence-electron chi connectivity index (χ1n) is 14.4. The van der Waals surface area contributed by atoms with E-state index in [4.69, 9.17) is 9.47 Å². The SMILES string of the molecule is CC/C=C/C/C=C/C/C=C/C/C=C/C/C=C/CCCCCC(=O)OCC(O)COCCC(C(=O)O)[N+](C)(C)C. The number of nitrogens with zero attached hydrogens (tertiary/aromatic N) is 1. The Balaban J connectivity index is 3.68. The van der Waals surface area contributed by atoms with Crippen LogP contribution in [0.1, 0.15) is 77.6 Å². The number of aliphatic carboxylic acids is 1. The van der Waals surface area contributed by atoms with E-state index in [0.717, 1.165) is 57.8 Å². The second-order valence-corrected chi connectivity index (χ2v) is 10.5. The van der Waals surface area contributed by atoms with Crippen molar-refractivity contribution in [3.8, 4) is 0 Å². The number of hydrogen-bond acceptors (Lipinski definition) is 5. The summed E-state index contributed by atoms with van der Waals surface area (Å²) in [6.07, 6.45) is 30.4. The van der Waals surface area contributed by atoms with E-state index < -0.39 is 18.1 Å². The lowest BCUT2D eigenvalue weighted by molar-refractivity contribution is -0.887. The summed E-state index contributed by atoms with van der Waals surface area (Å²) >= 11 is 0. The van der Waals surface area contributed by atoms with Crippen LogP contribution in [0.4, 0.5) is 0 Å². The number of unbranched alkanes of at least 4 members (excludes halogenated alkanes) is 3. The summed E-state index contributed by atoms with van der Waals surface area (Å²) < 4.78 is 10.8. The average molecular weight is 549 g/mol. The monoisotopic (exact) mass is 548 g/mol. The minimum absolute atomic E-state index is 0.00398. The van der Waals surface area contributed by atoms with Crippen molar-refractivity contribution in [2.75, 3.05) is 41.0 Å². The first-order valence-corrected chi connectivity index (χ1v) is 14.4. The predicted octanol–water partition coefficient (Wildman–Crippen LogP) is 6.16. The molecule has 0 aromatic carbocycles. The zero-order valence-electron chi connectivity index (χ0n) is 24.8. The molecule has 0 amide bonds. The van der Waals surface area contributed by atoms with Crippen LogP contribution in [0.5, 0.6) is 0 Å². The molecular formula is C32H54NO6+. The van der Waals surface area contributed by atoms with Gasteiger partial charge in [-0.05, 0) is 51.4 Å². The molecule has 2 N–H and O–H groups in total. The molecule has 222 valence electrons. The van der Waals surface area contributed by atoms with Crippen LogP contribution in [-0.4, -0.2) is 79.7 Å². The Labute approximate surface area is 237 Å². The lowest BCUT2D eigenvalue weighted by Crippen LogP contribution is -2.50. The summed E-state index contributed by atoms with van der Waals surface area (Å²) in [5.74, 6) is -1.20. The number of esters is 1. The molecule has 39 heavy (non-hydrogen) atoms. The van der Waals surface area contributed by atoms with E-state index in [1.807, 2.05) is 21.1 Å². The fourth-order valence-electron chi connectivity index (χ4n) is 3.64. The Hall–Kier alpha value is -2.48. The van der Waals surface area contributed by atoms with Gasteiger partial charge in [0, 0.05) is 12.8 Å². The third-order valence-corrected chi connectivity index (χ3v) is 5.91. The van der Waals surface area contributed by atoms with E-state index in [0.29, 0.717) is 17.3 Å². The summed E-state index contributed by atoms with van der Waals surface area (Å²) in [6, 6.07) is -0.582. The number of carboxylic acids is 1. The van der Waals surface area contributed by atoms with Crippen LogP contribution in [0.25, 0.3) is 0 Å². The first-order chi connectivity index (χ1) is 18.7. The fraction of sp³-hybridized carbons (Fsp3) is 0.625. The molecule has 0 saturated carbocycles. The van der Waals surface area contributed by atoms with E-state index >= 15 is 0 Å². The van der Waals surface area contributed by atoms with E-state index in [-0.39, 0.29) is 25.8 Å². The van der Waals surface area contributed by atoms with Crippen LogP contribution >= 0.6 is 0 Å². The van der Waals surface area contributed by atoms with E-state index in [9.17, 15) is 19.8 Å². The summed E-state index contributed by atoms with van der Waals surface area (Å²) in [5, 5.41) is 19.2. The van der Waals surface area contributed by atoms with Crippen molar-refractivity contribution in [2.45, 2.75) is 89.7 Å². The van der Waals surface area contributed by atoms with Crippen LogP contribution in [0, 0.1) is 0 Å². The van der Waals surface area contributed by atoms with E-state index in [1.54, 1.807) is 0 Å². The van der Waals surface area contributed by atoms with Gasteiger partial charge in [0.15, 0.2) is 6.04 Å². The van der Waals surface area contributed by atoms with Crippen molar-refractivity contribution in [1.82, 2.24) is 0 Å². The number of carbonyl (C=O) groups is 2. The minimum atomic E-state index is -0.920. The molecule has 0 aromatic heterocycles. The molecule has 7 heteroatoms. The normalized spacial score (nSPS) is 14.4. The molecule has 0 bridgehead atoms. The Morgan fingerprint density at radius 2 is 1.31 bits per heavy atom. The molecule has 0 fully saturated rings. The van der Waals surface area contributed by atoms with Crippen LogP contribution in [0.15, 0.2) is 60.8 Å². The van der Waals surface area contributed by atoms with Crippen molar-refractivity contribution in [3.63, 3.8) is 0 Å². The largest absolute Gasteiger partial charge is 0.477 e. The number of quaternary nitrogens is 1. The Kier molecular flexibility index (Phi) is 23.0. The maximum absolute atomic E-state index is 11.9. The maximum Gasteiger partial charge on any atom is 0.362 e. The lowest BCUT2D eigenvalue weighted by Gasteiger charge is -2.31. The molecule has 0 aliphatic rings. The number of carbonyl (C=O) groups excluding carboxylic acids is 1. The van der Waals surface area contributed by atoms with Gasteiger partial charge in [-0.3, -0.25) is 4.79 Å². The smallest absolute Gasteiger partial charge is 0.362 e. The first kappa shape index (κ1) is 36.5. The molecular weight excluding hydrogens is 494 g/mol. The van der Waals surface area contributed by atoms with Gasteiger partial charge in [-0.25, -0.2) is 4.79 Å². The number of ether oxygens (including phenoxy) is 2. The van der Waals surface area contributed by atoms with Gasteiger partial charge in [0.25, 0.3) is 0 Å². The highest BCUT2D eigenvalue weighted by Gasteiger charge is 2.30. The van der Waals surface area contributed by atoms with Crippen molar-refractivity contribution in [3.05, 3.63) is 60.8 Å². The number of aliphatic hydroxyl groups is 1. The number of allylic oxidation sites excluding steroid dienone is 10. The van der Waals surface area contributed by atoms with Crippen LogP contribution in [0.3, 0.4) is 0 Å². The number of rotatable bonds is 24. The Bertz CT molecular complexity index is 776. The topological polar surface area (TPSA) is 93.1 Å².